The van der Waals surface area contributed by atoms with Gasteiger partial charge in [0.25, 0.3) is 5.91 Å². The lowest BCUT2D eigenvalue weighted by molar-refractivity contribution is -0.111. The molecule has 0 aromatic heterocycles. The molecule has 0 atom stereocenters. The first-order valence-corrected chi connectivity index (χ1v) is 10.6. The average Bonchev–Trinajstić information content (AvgIpc) is 2.79. The van der Waals surface area contributed by atoms with Crippen molar-refractivity contribution < 1.29 is 19.1 Å². The summed E-state index contributed by atoms with van der Waals surface area (Å²) in [6.07, 6.45) is 3.16. The number of rotatable bonds is 7. The highest BCUT2D eigenvalue weighted by atomic mass is 79.9. The molecule has 0 heterocycles. The fourth-order valence-electron chi connectivity index (χ4n) is 2.98. The highest BCUT2D eigenvalue weighted by molar-refractivity contribution is 9.10. The predicted octanol–water partition coefficient (Wildman–Crippen LogP) is 5.68. The van der Waals surface area contributed by atoms with Crippen LogP contribution in [0.15, 0.2) is 71.2 Å². The molecule has 164 valence electrons. The number of methoxy groups -OCH3 is 2. The van der Waals surface area contributed by atoms with Gasteiger partial charge in [-0.2, -0.15) is 0 Å². The molecule has 0 radical (unpaired) electrons. The van der Waals surface area contributed by atoms with Crippen molar-refractivity contribution in [2.45, 2.75) is 6.92 Å². The molecule has 2 N–H and O–H groups in total. The first-order valence-electron chi connectivity index (χ1n) is 9.79. The summed E-state index contributed by atoms with van der Waals surface area (Å²) in [4.78, 5) is 25.0. The average molecular weight is 495 g/mol. The van der Waals surface area contributed by atoms with Gasteiger partial charge in [-0.25, -0.2) is 0 Å². The first-order chi connectivity index (χ1) is 15.4. The highest BCUT2D eigenvalue weighted by Crippen LogP contribution is 2.36. The van der Waals surface area contributed by atoms with Gasteiger partial charge in [0.2, 0.25) is 5.91 Å². The molecule has 0 unspecified atom stereocenters. The van der Waals surface area contributed by atoms with Gasteiger partial charge in [-0.1, -0.05) is 46.3 Å². The quantitative estimate of drug-likeness (QED) is 0.414. The van der Waals surface area contributed by atoms with Gasteiger partial charge in [-0.15, -0.1) is 0 Å². The van der Waals surface area contributed by atoms with E-state index >= 15 is 0 Å². The molecule has 32 heavy (non-hydrogen) atoms. The molecule has 3 aromatic carbocycles. The van der Waals surface area contributed by atoms with Crippen LogP contribution in [-0.2, 0) is 4.79 Å². The van der Waals surface area contributed by atoms with Gasteiger partial charge in [0, 0.05) is 28.2 Å². The molecule has 2 amide bonds. The van der Waals surface area contributed by atoms with Gasteiger partial charge >= 0.3 is 0 Å². The zero-order chi connectivity index (χ0) is 23.1. The molecule has 0 aliphatic heterocycles. The number of halogens is 1. The van der Waals surface area contributed by atoms with Crippen LogP contribution in [0.2, 0.25) is 0 Å². The van der Waals surface area contributed by atoms with Crippen LogP contribution in [0.1, 0.15) is 21.5 Å². The first kappa shape index (κ1) is 23.1. The third-order valence-electron chi connectivity index (χ3n) is 4.63. The van der Waals surface area contributed by atoms with Crippen molar-refractivity contribution in [2.75, 3.05) is 24.9 Å². The van der Waals surface area contributed by atoms with Crippen LogP contribution in [0.3, 0.4) is 0 Å². The number of carbonyl (C=O) groups excluding carboxylic acids is 2. The molecule has 0 bridgehead atoms. The highest BCUT2D eigenvalue weighted by Gasteiger charge is 2.15. The topological polar surface area (TPSA) is 76.7 Å². The maximum atomic E-state index is 12.5. The van der Waals surface area contributed by atoms with E-state index < -0.39 is 0 Å². The summed E-state index contributed by atoms with van der Waals surface area (Å²) in [7, 11) is 2.97. The lowest BCUT2D eigenvalue weighted by Gasteiger charge is -2.16. The summed E-state index contributed by atoms with van der Waals surface area (Å²) >= 11 is 3.50. The number of aryl methyl sites for hydroxylation is 1. The van der Waals surface area contributed by atoms with Gasteiger partial charge in [0.1, 0.15) is 11.5 Å². The monoisotopic (exact) mass is 494 g/mol. The molecule has 3 rings (SSSR count). The van der Waals surface area contributed by atoms with Crippen molar-refractivity contribution in [2.24, 2.45) is 0 Å². The van der Waals surface area contributed by atoms with Crippen molar-refractivity contribution >= 4 is 45.2 Å². The van der Waals surface area contributed by atoms with Crippen molar-refractivity contribution in [1.82, 2.24) is 0 Å². The van der Waals surface area contributed by atoms with Gasteiger partial charge in [-0.3, -0.25) is 9.59 Å². The van der Waals surface area contributed by atoms with Gasteiger partial charge < -0.3 is 20.1 Å². The Morgan fingerprint density at radius 3 is 2.09 bits per heavy atom. The third kappa shape index (κ3) is 5.76. The number of hydrogen-bond acceptors (Lipinski definition) is 4. The van der Waals surface area contributed by atoms with E-state index in [0.29, 0.717) is 28.4 Å². The maximum Gasteiger partial charge on any atom is 0.255 e. The van der Waals surface area contributed by atoms with E-state index in [1.807, 2.05) is 31.2 Å². The van der Waals surface area contributed by atoms with Crippen LogP contribution in [0.5, 0.6) is 11.5 Å². The normalized spacial score (nSPS) is 10.6. The number of amides is 2. The number of anilines is 2. The second-order valence-corrected chi connectivity index (χ2v) is 7.77. The molecule has 0 fully saturated rings. The Balaban J connectivity index is 1.80. The number of benzene rings is 3. The molecule has 3 aromatic rings. The van der Waals surface area contributed by atoms with Crippen molar-refractivity contribution in [1.29, 1.82) is 0 Å². The van der Waals surface area contributed by atoms with E-state index in [1.54, 1.807) is 42.5 Å². The maximum absolute atomic E-state index is 12.5. The SMILES string of the molecule is COc1cc(NC(=O)c2ccccc2)c(OC)cc1NC(=O)/C=C/c1ccc(C)cc1Br. The summed E-state index contributed by atoms with van der Waals surface area (Å²) in [6, 6.07) is 17.9. The van der Waals surface area contributed by atoms with E-state index in [2.05, 4.69) is 26.6 Å². The van der Waals surface area contributed by atoms with Crippen molar-refractivity contribution in [3.63, 3.8) is 0 Å². The fraction of sp³-hybridized carbons (Fsp3) is 0.120. The molecular formula is C25H23BrN2O4. The standard InChI is InChI=1S/C25H23BrN2O4/c1-16-9-10-17(19(26)13-16)11-12-24(29)27-20-14-23(32-3)21(15-22(20)31-2)28-25(30)18-7-5-4-6-8-18/h4-15H,1-3H3,(H,27,29)(H,28,30)/b12-11+. The fourth-order valence-corrected chi connectivity index (χ4v) is 3.61. The molecule has 0 aliphatic carbocycles. The van der Waals surface area contributed by atoms with Gasteiger partial charge in [-0.05, 0) is 42.3 Å². The molecule has 0 aliphatic rings. The summed E-state index contributed by atoms with van der Waals surface area (Å²) in [5.74, 6) is 0.149. The predicted molar refractivity (Wildman–Crippen MR) is 130 cm³/mol. The molecule has 6 nitrogen and oxygen atoms in total. The Morgan fingerprint density at radius 1 is 0.875 bits per heavy atom. The number of nitrogens with one attached hydrogen (secondary N) is 2. The van der Waals surface area contributed by atoms with E-state index in [-0.39, 0.29) is 11.8 Å². The summed E-state index contributed by atoms with van der Waals surface area (Å²) in [5, 5.41) is 5.61. The van der Waals surface area contributed by atoms with Gasteiger partial charge in [0.15, 0.2) is 0 Å². The van der Waals surface area contributed by atoms with Crippen LogP contribution in [0.4, 0.5) is 11.4 Å². The van der Waals surface area contributed by atoms with Crippen LogP contribution in [-0.4, -0.2) is 26.0 Å². The molecule has 7 heteroatoms. The Hall–Kier alpha value is -3.58. The molecule has 0 spiro atoms. The van der Waals surface area contributed by atoms with Crippen molar-refractivity contribution in [3.05, 3.63) is 87.9 Å². The smallest absolute Gasteiger partial charge is 0.255 e. The minimum Gasteiger partial charge on any atom is -0.494 e. The third-order valence-corrected chi connectivity index (χ3v) is 5.32. The van der Waals surface area contributed by atoms with Crippen LogP contribution in [0.25, 0.3) is 6.08 Å². The molecular weight excluding hydrogens is 472 g/mol. The Kier molecular flexibility index (Phi) is 7.68. The van der Waals surface area contributed by atoms with E-state index in [1.165, 1.54) is 20.3 Å². The number of carbonyl (C=O) groups is 2. The zero-order valence-corrected chi connectivity index (χ0v) is 19.5. The van der Waals surface area contributed by atoms with Crippen LogP contribution in [0, 0.1) is 6.92 Å². The second-order valence-electron chi connectivity index (χ2n) is 6.92. The zero-order valence-electron chi connectivity index (χ0n) is 17.9. The Labute approximate surface area is 195 Å². The lowest BCUT2D eigenvalue weighted by atomic mass is 10.1. The summed E-state index contributed by atoms with van der Waals surface area (Å²) in [6.45, 7) is 2.00. The minimum atomic E-state index is -0.334. The molecule has 0 saturated carbocycles. The Bertz CT molecular complexity index is 1160. The minimum absolute atomic E-state index is 0.283. The van der Waals surface area contributed by atoms with E-state index in [4.69, 9.17) is 9.47 Å². The second kappa shape index (κ2) is 10.6. The molecule has 0 saturated heterocycles. The largest absolute Gasteiger partial charge is 0.494 e. The Morgan fingerprint density at radius 2 is 1.50 bits per heavy atom. The van der Waals surface area contributed by atoms with E-state index in [0.717, 1.165) is 15.6 Å². The lowest BCUT2D eigenvalue weighted by Crippen LogP contribution is -2.14. The van der Waals surface area contributed by atoms with Gasteiger partial charge in [0.05, 0.1) is 25.6 Å². The van der Waals surface area contributed by atoms with Crippen molar-refractivity contribution in [3.8, 4) is 11.5 Å². The number of hydrogen-bond donors (Lipinski definition) is 2. The summed E-state index contributed by atoms with van der Waals surface area (Å²) < 4.78 is 11.7. The summed E-state index contributed by atoms with van der Waals surface area (Å²) in [5.41, 5.74) is 3.36. The van der Waals surface area contributed by atoms with E-state index in [9.17, 15) is 9.59 Å². The van der Waals surface area contributed by atoms with Crippen LogP contribution < -0.4 is 20.1 Å². The number of ether oxygens (including phenoxy) is 2. The van der Waals surface area contributed by atoms with Crippen LogP contribution >= 0.6 is 15.9 Å².